The highest BCUT2D eigenvalue weighted by Gasteiger charge is 2.06. The average Bonchev–Trinajstić information content (AvgIpc) is 2.82. The molecule has 1 aromatic heterocycles. The Morgan fingerprint density at radius 2 is 2.12 bits per heavy atom. The van der Waals surface area contributed by atoms with Crippen LogP contribution in [0.25, 0.3) is 0 Å². The fourth-order valence-corrected chi connectivity index (χ4v) is 1.39. The van der Waals surface area contributed by atoms with Gasteiger partial charge in [0.1, 0.15) is 12.0 Å². The Kier molecular flexibility index (Phi) is 3.22. The van der Waals surface area contributed by atoms with Crippen LogP contribution in [0.15, 0.2) is 41.2 Å². The van der Waals surface area contributed by atoms with Crippen LogP contribution in [0.4, 0.5) is 5.69 Å². The normalized spacial score (nSPS) is 10.1. The monoisotopic (exact) mass is 236 g/mol. The van der Waals surface area contributed by atoms with E-state index in [-0.39, 0.29) is 5.91 Å². The van der Waals surface area contributed by atoms with Crippen LogP contribution in [0.5, 0.6) is 0 Å². The molecule has 82 valence electrons. The van der Waals surface area contributed by atoms with Crippen molar-refractivity contribution in [3.05, 3.63) is 47.9 Å². The molecule has 1 N–H and O–H groups in total. The molecule has 0 bridgehead atoms. The van der Waals surface area contributed by atoms with Gasteiger partial charge in [-0.25, -0.2) is 0 Å². The zero-order valence-electron chi connectivity index (χ0n) is 8.31. The SMILES string of the molecule is O=C(Nc1cnoc1)c1ccc(CCl)cc1. The summed E-state index contributed by atoms with van der Waals surface area (Å²) < 4.78 is 4.61. The molecule has 0 saturated heterocycles. The van der Waals surface area contributed by atoms with Gasteiger partial charge in [0.05, 0.1) is 6.20 Å². The fraction of sp³-hybridized carbons (Fsp3) is 0.0909. The maximum absolute atomic E-state index is 11.7. The van der Waals surface area contributed by atoms with Gasteiger partial charge in [-0.3, -0.25) is 4.79 Å². The van der Waals surface area contributed by atoms with E-state index in [2.05, 4.69) is 15.0 Å². The molecule has 1 heterocycles. The summed E-state index contributed by atoms with van der Waals surface area (Å²) in [5.41, 5.74) is 2.07. The minimum Gasteiger partial charge on any atom is -0.363 e. The Bertz CT molecular complexity index is 465. The first-order chi connectivity index (χ1) is 7.79. The van der Waals surface area contributed by atoms with Crippen molar-refractivity contribution in [2.45, 2.75) is 5.88 Å². The number of amides is 1. The third kappa shape index (κ3) is 2.41. The summed E-state index contributed by atoms with van der Waals surface area (Å²) in [6.45, 7) is 0. The molecule has 1 amide bonds. The first-order valence-corrected chi connectivity index (χ1v) is 5.18. The van der Waals surface area contributed by atoms with Gasteiger partial charge < -0.3 is 9.84 Å². The largest absolute Gasteiger partial charge is 0.363 e. The molecule has 4 nitrogen and oxygen atoms in total. The van der Waals surface area contributed by atoms with Crippen molar-refractivity contribution in [3.63, 3.8) is 0 Å². The minimum absolute atomic E-state index is 0.204. The highest BCUT2D eigenvalue weighted by Crippen LogP contribution is 2.10. The lowest BCUT2D eigenvalue weighted by atomic mass is 10.1. The van der Waals surface area contributed by atoms with Crippen molar-refractivity contribution >= 4 is 23.2 Å². The number of halogens is 1. The van der Waals surface area contributed by atoms with Gasteiger partial charge >= 0.3 is 0 Å². The number of carbonyl (C=O) groups is 1. The zero-order valence-corrected chi connectivity index (χ0v) is 9.07. The van der Waals surface area contributed by atoms with Crippen LogP contribution in [0.2, 0.25) is 0 Å². The van der Waals surface area contributed by atoms with Crippen LogP contribution in [0.1, 0.15) is 15.9 Å². The Hall–Kier alpha value is -1.81. The molecule has 0 aliphatic heterocycles. The Morgan fingerprint density at radius 1 is 1.38 bits per heavy atom. The Labute approximate surface area is 97.2 Å². The maximum atomic E-state index is 11.7. The predicted molar refractivity (Wildman–Crippen MR) is 60.5 cm³/mol. The number of nitrogens with one attached hydrogen (secondary N) is 1. The summed E-state index contributed by atoms with van der Waals surface area (Å²) >= 11 is 5.65. The Balaban J connectivity index is 2.09. The van der Waals surface area contributed by atoms with Gasteiger partial charge in [-0.1, -0.05) is 17.3 Å². The van der Waals surface area contributed by atoms with E-state index < -0.39 is 0 Å². The molecule has 0 atom stereocenters. The lowest BCUT2D eigenvalue weighted by Gasteiger charge is -2.02. The summed E-state index contributed by atoms with van der Waals surface area (Å²) in [6, 6.07) is 7.08. The van der Waals surface area contributed by atoms with E-state index in [0.717, 1.165) is 5.56 Å². The second-order valence-corrected chi connectivity index (χ2v) is 3.47. The molecule has 16 heavy (non-hydrogen) atoms. The number of rotatable bonds is 3. The number of carbonyl (C=O) groups excluding carboxylic acids is 1. The molecular formula is C11H9ClN2O2. The third-order valence-electron chi connectivity index (χ3n) is 2.06. The van der Waals surface area contributed by atoms with Crippen molar-refractivity contribution in [2.75, 3.05) is 5.32 Å². The molecular weight excluding hydrogens is 228 g/mol. The molecule has 0 spiro atoms. The van der Waals surface area contributed by atoms with E-state index in [1.807, 2.05) is 12.1 Å². The molecule has 0 fully saturated rings. The first kappa shape index (κ1) is 10.7. The van der Waals surface area contributed by atoms with Crippen LogP contribution in [-0.4, -0.2) is 11.1 Å². The molecule has 0 radical (unpaired) electrons. The molecule has 5 heteroatoms. The fourth-order valence-electron chi connectivity index (χ4n) is 1.22. The smallest absolute Gasteiger partial charge is 0.255 e. The minimum atomic E-state index is -0.204. The van der Waals surface area contributed by atoms with Crippen molar-refractivity contribution in [2.24, 2.45) is 0 Å². The van der Waals surface area contributed by atoms with Crippen LogP contribution in [0.3, 0.4) is 0 Å². The molecule has 1 aromatic carbocycles. The Morgan fingerprint density at radius 3 is 2.69 bits per heavy atom. The van der Waals surface area contributed by atoms with Crippen molar-refractivity contribution < 1.29 is 9.32 Å². The van der Waals surface area contributed by atoms with Crippen molar-refractivity contribution in [3.8, 4) is 0 Å². The van der Waals surface area contributed by atoms with Gasteiger partial charge in [-0.05, 0) is 17.7 Å². The van der Waals surface area contributed by atoms with Crippen molar-refractivity contribution in [1.82, 2.24) is 5.16 Å². The number of hydrogen-bond acceptors (Lipinski definition) is 3. The van der Waals surface area contributed by atoms with Gasteiger partial charge in [0.25, 0.3) is 5.91 Å². The third-order valence-corrected chi connectivity index (χ3v) is 2.37. The zero-order chi connectivity index (χ0) is 11.4. The highest BCUT2D eigenvalue weighted by atomic mass is 35.5. The summed E-state index contributed by atoms with van der Waals surface area (Å²) in [5.74, 6) is 0.234. The van der Waals surface area contributed by atoms with Crippen LogP contribution < -0.4 is 5.32 Å². The molecule has 0 unspecified atom stereocenters. The second kappa shape index (κ2) is 4.81. The molecule has 2 aromatic rings. The van der Waals surface area contributed by atoms with E-state index in [0.29, 0.717) is 17.1 Å². The summed E-state index contributed by atoms with van der Waals surface area (Å²) in [6.07, 6.45) is 2.80. The maximum Gasteiger partial charge on any atom is 0.255 e. The van der Waals surface area contributed by atoms with Crippen LogP contribution in [0, 0.1) is 0 Å². The number of anilines is 1. The van der Waals surface area contributed by atoms with Crippen LogP contribution >= 0.6 is 11.6 Å². The van der Waals surface area contributed by atoms with E-state index in [4.69, 9.17) is 11.6 Å². The van der Waals surface area contributed by atoms with E-state index in [1.54, 1.807) is 12.1 Å². The molecule has 0 aliphatic carbocycles. The number of alkyl halides is 1. The highest BCUT2D eigenvalue weighted by molar-refractivity contribution is 6.17. The lowest BCUT2D eigenvalue weighted by Crippen LogP contribution is -2.11. The number of benzene rings is 1. The van der Waals surface area contributed by atoms with E-state index >= 15 is 0 Å². The van der Waals surface area contributed by atoms with Gasteiger partial charge in [0.2, 0.25) is 0 Å². The van der Waals surface area contributed by atoms with Gasteiger partial charge in [-0.15, -0.1) is 11.6 Å². The van der Waals surface area contributed by atoms with Gasteiger partial charge in [0.15, 0.2) is 0 Å². The average molecular weight is 237 g/mol. The predicted octanol–water partition coefficient (Wildman–Crippen LogP) is 2.67. The molecule has 0 saturated carbocycles. The lowest BCUT2D eigenvalue weighted by molar-refractivity contribution is 0.102. The van der Waals surface area contributed by atoms with E-state index in [1.165, 1.54) is 12.5 Å². The van der Waals surface area contributed by atoms with E-state index in [9.17, 15) is 4.79 Å². The van der Waals surface area contributed by atoms with Gasteiger partial charge in [0, 0.05) is 11.4 Å². The summed E-state index contributed by atoms with van der Waals surface area (Å²) in [4.78, 5) is 11.7. The topological polar surface area (TPSA) is 55.1 Å². The molecule has 0 aliphatic rings. The number of hydrogen-bond donors (Lipinski definition) is 1. The number of nitrogens with zero attached hydrogens (tertiary/aromatic N) is 1. The molecule has 2 rings (SSSR count). The quantitative estimate of drug-likeness (QED) is 0.834. The summed E-state index contributed by atoms with van der Waals surface area (Å²) in [7, 11) is 0. The van der Waals surface area contributed by atoms with Gasteiger partial charge in [-0.2, -0.15) is 0 Å². The first-order valence-electron chi connectivity index (χ1n) is 4.65. The summed E-state index contributed by atoms with van der Waals surface area (Å²) in [5, 5.41) is 6.14. The standard InChI is InChI=1S/C11H9ClN2O2/c12-5-8-1-3-9(4-2-8)11(15)14-10-6-13-16-7-10/h1-4,6-7H,5H2,(H,14,15). The van der Waals surface area contributed by atoms with Crippen molar-refractivity contribution in [1.29, 1.82) is 0 Å². The van der Waals surface area contributed by atoms with Crippen LogP contribution in [-0.2, 0) is 5.88 Å². The second-order valence-electron chi connectivity index (χ2n) is 3.20. The number of aromatic nitrogens is 1.